The Bertz CT molecular complexity index is 978. The fourth-order valence-electron chi connectivity index (χ4n) is 2.43. The molecule has 0 spiro atoms. The van der Waals surface area contributed by atoms with Crippen molar-refractivity contribution in [2.75, 3.05) is 10.6 Å². The maximum atomic E-state index is 12.4. The molecule has 2 aromatic carbocycles. The highest BCUT2D eigenvalue weighted by Gasteiger charge is 2.11. The maximum Gasteiger partial charge on any atom is 0.274 e. The summed E-state index contributed by atoms with van der Waals surface area (Å²) in [5, 5.41) is 14.9. The van der Waals surface area contributed by atoms with Crippen molar-refractivity contribution in [3.05, 3.63) is 83.2 Å². The van der Waals surface area contributed by atoms with Crippen molar-refractivity contribution in [3.8, 4) is 6.07 Å². The van der Waals surface area contributed by atoms with Crippen molar-refractivity contribution in [3.63, 3.8) is 0 Å². The number of aromatic nitrogens is 2. The molecule has 0 aliphatic rings. The molecule has 0 bridgehead atoms. The predicted octanol–water partition coefficient (Wildman–Crippen LogP) is 3.52. The lowest BCUT2D eigenvalue weighted by atomic mass is 10.1. The number of hydrogen-bond acceptors (Lipinski definition) is 5. The van der Waals surface area contributed by atoms with Gasteiger partial charge in [-0.05, 0) is 36.2 Å². The van der Waals surface area contributed by atoms with Gasteiger partial charge in [-0.25, -0.2) is 9.97 Å². The zero-order valence-electron chi connectivity index (χ0n) is 14.2. The van der Waals surface area contributed by atoms with Gasteiger partial charge in [0, 0.05) is 12.7 Å². The van der Waals surface area contributed by atoms with Crippen molar-refractivity contribution < 1.29 is 4.79 Å². The van der Waals surface area contributed by atoms with Crippen LogP contribution in [0.2, 0.25) is 0 Å². The molecule has 6 heteroatoms. The van der Waals surface area contributed by atoms with Gasteiger partial charge in [-0.3, -0.25) is 4.79 Å². The summed E-state index contributed by atoms with van der Waals surface area (Å²) < 4.78 is 0. The van der Waals surface area contributed by atoms with E-state index in [9.17, 15) is 4.79 Å². The lowest BCUT2D eigenvalue weighted by molar-refractivity contribution is 0.102. The summed E-state index contributed by atoms with van der Waals surface area (Å²) >= 11 is 0. The van der Waals surface area contributed by atoms with E-state index in [1.54, 1.807) is 24.3 Å². The number of benzene rings is 2. The molecule has 2 N–H and O–H groups in total. The predicted molar refractivity (Wildman–Crippen MR) is 99.6 cm³/mol. The van der Waals surface area contributed by atoms with Crippen LogP contribution in [0.4, 0.5) is 11.6 Å². The Labute approximate surface area is 151 Å². The molecule has 3 aromatic rings. The lowest BCUT2D eigenvalue weighted by Crippen LogP contribution is -2.16. The minimum Gasteiger partial charge on any atom is -0.350 e. The quantitative estimate of drug-likeness (QED) is 0.739. The van der Waals surface area contributed by atoms with Crippen LogP contribution >= 0.6 is 0 Å². The number of rotatable bonds is 5. The third kappa shape index (κ3) is 4.02. The number of anilines is 2. The van der Waals surface area contributed by atoms with Gasteiger partial charge in [0.25, 0.3) is 5.91 Å². The lowest BCUT2D eigenvalue weighted by Gasteiger charge is -2.09. The zero-order valence-corrected chi connectivity index (χ0v) is 14.2. The molecule has 0 aliphatic carbocycles. The topological polar surface area (TPSA) is 90.7 Å². The van der Waals surface area contributed by atoms with Gasteiger partial charge in [-0.15, -0.1) is 0 Å². The minimum absolute atomic E-state index is 0.222. The first kappa shape index (κ1) is 17.1. The van der Waals surface area contributed by atoms with E-state index in [2.05, 4.69) is 20.6 Å². The monoisotopic (exact) mass is 343 g/mol. The normalized spacial score (nSPS) is 10.0. The summed E-state index contributed by atoms with van der Waals surface area (Å²) in [7, 11) is 0. The van der Waals surface area contributed by atoms with E-state index in [0.717, 1.165) is 5.56 Å². The van der Waals surface area contributed by atoms with Gasteiger partial charge in [0.2, 0.25) is 5.95 Å². The number of nitrogens with zero attached hydrogens (tertiary/aromatic N) is 3. The summed E-state index contributed by atoms with van der Waals surface area (Å²) in [4.78, 5) is 20.8. The van der Waals surface area contributed by atoms with Crippen LogP contribution in [-0.4, -0.2) is 15.9 Å². The first-order valence-electron chi connectivity index (χ1n) is 8.09. The molecule has 0 unspecified atom stereocenters. The molecule has 0 saturated carbocycles. The van der Waals surface area contributed by atoms with Crippen LogP contribution in [0, 0.1) is 18.3 Å². The number of carbonyl (C=O) groups excluding carboxylic acids is 1. The molecule has 128 valence electrons. The molecule has 26 heavy (non-hydrogen) atoms. The van der Waals surface area contributed by atoms with Crippen LogP contribution in [0.3, 0.4) is 0 Å². The summed E-state index contributed by atoms with van der Waals surface area (Å²) in [6.07, 6.45) is 1.53. The van der Waals surface area contributed by atoms with Gasteiger partial charge in [0.05, 0.1) is 11.3 Å². The molecule has 0 radical (unpaired) electrons. The van der Waals surface area contributed by atoms with E-state index in [1.165, 1.54) is 17.8 Å². The number of hydrogen-bond donors (Lipinski definition) is 2. The molecule has 6 nitrogen and oxygen atoms in total. The second-order valence-electron chi connectivity index (χ2n) is 5.66. The van der Waals surface area contributed by atoms with Crippen molar-refractivity contribution in [2.24, 2.45) is 0 Å². The van der Waals surface area contributed by atoms with E-state index in [0.29, 0.717) is 23.7 Å². The Balaban J connectivity index is 1.71. The molecular weight excluding hydrogens is 326 g/mol. The van der Waals surface area contributed by atoms with E-state index in [4.69, 9.17) is 5.26 Å². The standard InChI is InChI=1S/C20H17N5O/c1-14-6-2-3-8-16(14)13-23-20-22-11-10-18(25-20)19(26)24-17-9-5-4-7-15(17)12-21/h2-11H,13H2,1H3,(H,24,26)(H,22,23,25). The second kappa shape index (κ2) is 7.90. The third-order valence-corrected chi connectivity index (χ3v) is 3.88. The van der Waals surface area contributed by atoms with Gasteiger partial charge in [0.1, 0.15) is 11.8 Å². The first-order valence-corrected chi connectivity index (χ1v) is 8.09. The average Bonchev–Trinajstić information content (AvgIpc) is 2.68. The van der Waals surface area contributed by atoms with E-state index in [1.807, 2.05) is 37.3 Å². The number of carbonyl (C=O) groups is 1. The Morgan fingerprint density at radius 2 is 1.88 bits per heavy atom. The van der Waals surface area contributed by atoms with Gasteiger partial charge in [-0.2, -0.15) is 5.26 Å². The van der Waals surface area contributed by atoms with Crippen LogP contribution in [0.25, 0.3) is 0 Å². The minimum atomic E-state index is -0.394. The SMILES string of the molecule is Cc1ccccc1CNc1nccc(C(=O)Nc2ccccc2C#N)n1. The van der Waals surface area contributed by atoms with Crippen LogP contribution in [0.1, 0.15) is 27.2 Å². The average molecular weight is 343 g/mol. The molecule has 0 aliphatic heterocycles. The smallest absolute Gasteiger partial charge is 0.274 e. The molecule has 0 fully saturated rings. The Morgan fingerprint density at radius 3 is 2.69 bits per heavy atom. The third-order valence-electron chi connectivity index (χ3n) is 3.88. The van der Waals surface area contributed by atoms with Crippen molar-refractivity contribution in [1.29, 1.82) is 5.26 Å². The van der Waals surface area contributed by atoms with E-state index < -0.39 is 5.91 Å². The molecule has 0 saturated heterocycles. The zero-order chi connectivity index (χ0) is 18.4. The van der Waals surface area contributed by atoms with Crippen LogP contribution < -0.4 is 10.6 Å². The molecule has 1 heterocycles. The van der Waals surface area contributed by atoms with Gasteiger partial charge >= 0.3 is 0 Å². The highest BCUT2D eigenvalue weighted by Crippen LogP contribution is 2.15. The Hall–Kier alpha value is -3.72. The number of aryl methyl sites for hydroxylation is 1. The summed E-state index contributed by atoms with van der Waals surface area (Å²) in [6, 6.07) is 18.4. The van der Waals surface area contributed by atoms with E-state index >= 15 is 0 Å². The second-order valence-corrected chi connectivity index (χ2v) is 5.66. The molecular formula is C20H17N5O. The summed E-state index contributed by atoms with van der Waals surface area (Å²) in [6.45, 7) is 2.60. The van der Waals surface area contributed by atoms with Crippen molar-refractivity contribution in [1.82, 2.24) is 9.97 Å². The highest BCUT2D eigenvalue weighted by atomic mass is 16.1. The van der Waals surface area contributed by atoms with Gasteiger partial charge in [0.15, 0.2) is 0 Å². The largest absolute Gasteiger partial charge is 0.350 e. The number of amides is 1. The van der Waals surface area contributed by atoms with Crippen molar-refractivity contribution >= 4 is 17.5 Å². The van der Waals surface area contributed by atoms with E-state index in [-0.39, 0.29) is 5.69 Å². The first-order chi connectivity index (χ1) is 12.7. The van der Waals surface area contributed by atoms with Crippen LogP contribution in [-0.2, 0) is 6.54 Å². The number of para-hydroxylation sites is 1. The summed E-state index contributed by atoms with van der Waals surface area (Å²) in [5.74, 6) is -0.0245. The Kier molecular flexibility index (Phi) is 5.20. The molecule has 0 atom stereocenters. The number of nitriles is 1. The molecule has 3 rings (SSSR count). The Morgan fingerprint density at radius 1 is 1.12 bits per heavy atom. The van der Waals surface area contributed by atoms with Gasteiger partial charge in [-0.1, -0.05) is 36.4 Å². The molecule has 1 amide bonds. The number of nitrogens with one attached hydrogen (secondary N) is 2. The molecule has 1 aromatic heterocycles. The van der Waals surface area contributed by atoms with Gasteiger partial charge < -0.3 is 10.6 Å². The highest BCUT2D eigenvalue weighted by molar-refractivity contribution is 6.03. The van der Waals surface area contributed by atoms with Crippen molar-refractivity contribution in [2.45, 2.75) is 13.5 Å². The van der Waals surface area contributed by atoms with Crippen LogP contribution in [0.5, 0.6) is 0 Å². The fraction of sp³-hybridized carbons (Fsp3) is 0.100. The van der Waals surface area contributed by atoms with Crippen LogP contribution in [0.15, 0.2) is 60.8 Å². The summed E-state index contributed by atoms with van der Waals surface area (Å²) in [5.41, 5.74) is 3.37. The fourth-order valence-corrected chi connectivity index (χ4v) is 2.43. The maximum absolute atomic E-state index is 12.4.